The summed E-state index contributed by atoms with van der Waals surface area (Å²) in [6.45, 7) is 2.74. The number of carbonyl (C=O) groups is 1. The van der Waals surface area contributed by atoms with E-state index in [1.165, 1.54) is 173 Å². The summed E-state index contributed by atoms with van der Waals surface area (Å²) >= 11 is 0. The summed E-state index contributed by atoms with van der Waals surface area (Å²) in [6, 6.07) is -0.916. The highest BCUT2D eigenvalue weighted by atomic mass is 16.7. The Balaban J connectivity index is 1.64. The predicted octanol–water partition coefficient (Wildman–Crippen LogP) is 10.8. The molecule has 0 aromatic rings. The van der Waals surface area contributed by atoms with E-state index in [2.05, 4.69) is 31.3 Å². The third-order valence-electron chi connectivity index (χ3n) is 15.4. The van der Waals surface area contributed by atoms with E-state index in [-0.39, 0.29) is 18.9 Å². The van der Waals surface area contributed by atoms with Crippen LogP contribution in [0.2, 0.25) is 0 Å². The van der Waals surface area contributed by atoms with Gasteiger partial charge in [0, 0.05) is 6.42 Å². The first-order valence-corrected chi connectivity index (χ1v) is 31.1. The van der Waals surface area contributed by atoms with Crippen molar-refractivity contribution in [3.8, 4) is 0 Å². The number of hydrogen-bond donors (Lipinski definition) is 9. The van der Waals surface area contributed by atoms with Crippen molar-refractivity contribution in [3.63, 3.8) is 0 Å². The van der Waals surface area contributed by atoms with Gasteiger partial charge < -0.3 is 65.1 Å². The van der Waals surface area contributed by atoms with Gasteiger partial charge in [0.25, 0.3) is 0 Å². The lowest BCUT2D eigenvalue weighted by atomic mass is 9.97. The second-order valence-electron chi connectivity index (χ2n) is 22.2. The molecule has 9 N–H and O–H groups in total. The van der Waals surface area contributed by atoms with Gasteiger partial charge in [0.15, 0.2) is 12.6 Å². The maximum atomic E-state index is 13.2. The number of amides is 1. The Kier molecular flexibility index (Phi) is 43.9. The van der Waals surface area contributed by atoms with Gasteiger partial charge in [0.05, 0.1) is 32.0 Å². The minimum absolute atomic E-state index is 0.249. The van der Waals surface area contributed by atoms with Crippen molar-refractivity contribution < 1.29 is 64.6 Å². The van der Waals surface area contributed by atoms with Crippen molar-refractivity contribution in [2.75, 3.05) is 19.8 Å². The lowest BCUT2D eigenvalue weighted by molar-refractivity contribution is -0.359. The molecule has 2 aliphatic heterocycles. The maximum Gasteiger partial charge on any atom is 0.220 e. The maximum absolute atomic E-state index is 13.2. The number of hydrogen-bond acceptors (Lipinski definition) is 13. The highest BCUT2D eigenvalue weighted by Gasteiger charge is 2.51. The summed E-state index contributed by atoms with van der Waals surface area (Å²) < 4.78 is 22.7. The molecule has 14 nitrogen and oxygen atoms in total. The first-order chi connectivity index (χ1) is 36.6. The molecule has 442 valence electrons. The Morgan fingerprint density at radius 3 is 1.32 bits per heavy atom. The lowest BCUT2D eigenvalue weighted by Crippen LogP contribution is -2.65. The van der Waals surface area contributed by atoms with Gasteiger partial charge in [-0.15, -0.1) is 0 Å². The molecule has 0 aromatic heterocycles. The molecule has 0 saturated carbocycles. The molecule has 12 unspecified atom stereocenters. The monoisotopic (exact) mass is 1070 g/mol. The third kappa shape index (κ3) is 33.0. The number of aliphatic hydroxyl groups excluding tert-OH is 8. The van der Waals surface area contributed by atoms with Crippen LogP contribution >= 0.6 is 0 Å². The molecule has 2 saturated heterocycles. The van der Waals surface area contributed by atoms with E-state index in [0.717, 1.165) is 64.2 Å². The molecular formula is C61H115NO13. The van der Waals surface area contributed by atoms with Crippen LogP contribution in [0.15, 0.2) is 24.3 Å². The molecule has 12 atom stereocenters. The van der Waals surface area contributed by atoms with E-state index >= 15 is 0 Å². The number of unbranched alkanes of at least 4 members (excludes halogenated alkanes) is 35. The van der Waals surface area contributed by atoms with Crippen LogP contribution in [-0.4, -0.2) is 140 Å². The van der Waals surface area contributed by atoms with Crippen LogP contribution in [0, 0.1) is 0 Å². The molecule has 0 aliphatic carbocycles. The van der Waals surface area contributed by atoms with Gasteiger partial charge in [-0.3, -0.25) is 4.79 Å². The summed E-state index contributed by atoms with van der Waals surface area (Å²) in [6.07, 6.45) is 39.8. The van der Waals surface area contributed by atoms with Crippen LogP contribution < -0.4 is 5.32 Å². The fourth-order valence-corrected chi connectivity index (χ4v) is 10.4. The van der Waals surface area contributed by atoms with Gasteiger partial charge in [-0.05, 0) is 38.5 Å². The van der Waals surface area contributed by atoms with Crippen LogP contribution in [0.25, 0.3) is 0 Å². The van der Waals surface area contributed by atoms with Gasteiger partial charge in [-0.1, -0.05) is 244 Å². The zero-order valence-corrected chi connectivity index (χ0v) is 47.6. The molecule has 0 aromatic carbocycles. The number of rotatable bonds is 50. The minimum atomic E-state index is -1.79. The number of nitrogens with one attached hydrogen (secondary N) is 1. The molecule has 1 amide bonds. The molecule has 75 heavy (non-hydrogen) atoms. The Morgan fingerprint density at radius 2 is 0.867 bits per heavy atom. The second kappa shape index (κ2) is 47.3. The Labute approximate surface area is 456 Å². The van der Waals surface area contributed by atoms with Gasteiger partial charge in [-0.25, -0.2) is 0 Å². The first kappa shape index (κ1) is 69.6. The highest BCUT2D eigenvalue weighted by molar-refractivity contribution is 5.76. The average Bonchev–Trinajstić information content (AvgIpc) is 3.41. The normalized spacial score (nSPS) is 25.1. The molecule has 2 fully saturated rings. The highest BCUT2D eigenvalue weighted by Crippen LogP contribution is 2.30. The Morgan fingerprint density at radius 1 is 0.467 bits per heavy atom. The largest absolute Gasteiger partial charge is 0.394 e. The molecule has 0 radical (unpaired) electrons. The van der Waals surface area contributed by atoms with E-state index in [1.807, 2.05) is 6.08 Å². The van der Waals surface area contributed by atoms with Gasteiger partial charge in [-0.2, -0.15) is 0 Å². The summed E-state index contributed by atoms with van der Waals surface area (Å²) in [5.41, 5.74) is 0. The molecule has 2 heterocycles. The van der Waals surface area contributed by atoms with Crippen LogP contribution in [-0.2, 0) is 23.7 Å². The Bertz CT molecular complexity index is 1350. The molecule has 0 spiro atoms. The smallest absolute Gasteiger partial charge is 0.220 e. The number of carbonyl (C=O) groups excluding carboxylic acids is 1. The van der Waals surface area contributed by atoms with Crippen LogP contribution in [0.1, 0.15) is 264 Å². The Hall–Kier alpha value is -1.53. The quantitative estimate of drug-likeness (QED) is 0.0204. The van der Waals surface area contributed by atoms with Crippen molar-refractivity contribution in [2.24, 2.45) is 0 Å². The standard InChI is InChI=1S/C61H115NO13/c1-3-5-7-9-11-13-15-16-17-18-19-20-21-22-23-24-25-26-27-28-29-30-31-32-33-34-35-36-38-40-42-44-50(65)49(62-53(66)45-43-41-39-37-14-12-10-8-6-4-2)48-72-60-58(71)56(69)59(52(47-64)74-60)75-61-57(70)55(68)54(67)51(46-63)73-61/h8,10,42,44,49-52,54-61,63-65,67-71H,3-7,9,11-41,43,45-48H2,1-2H3,(H,62,66)/b10-8-,44-42+. The number of aliphatic hydroxyl groups is 8. The summed E-state index contributed by atoms with van der Waals surface area (Å²) in [4.78, 5) is 13.2. The molecular weight excluding hydrogens is 955 g/mol. The van der Waals surface area contributed by atoms with Crippen molar-refractivity contribution >= 4 is 5.91 Å². The summed E-state index contributed by atoms with van der Waals surface area (Å²) in [7, 11) is 0. The van der Waals surface area contributed by atoms with Crippen molar-refractivity contribution in [2.45, 2.75) is 338 Å². The van der Waals surface area contributed by atoms with E-state index in [1.54, 1.807) is 6.08 Å². The molecule has 14 heteroatoms. The van der Waals surface area contributed by atoms with Crippen LogP contribution in [0.3, 0.4) is 0 Å². The van der Waals surface area contributed by atoms with Crippen molar-refractivity contribution in [1.29, 1.82) is 0 Å². The SMILES string of the molecule is CCC/C=C\CCCCCCCC(=O)NC(COC1OC(CO)C(OC2OC(CO)C(O)C(O)C2O)C(O)C1O)C(O)/C=C/CCCCCCCCCCCCCCCCCCCCCCCCCCCCCCC. The zero-order valence-electron chi connectivity index (χ0n) is 47.6. The van der Waals surface area contributed by atoms with E-state index in [4.69, 9.17) is 18.9 Å². The third-order valence-corrected chi connectivity index (χ3v) is 15.4. The first-order valence-electron chi connectivity index (χ1n) is 31.1. The van der Waals surface area contributed by atoms with Gasteiger partial charge in [0.2, 0.25) is 5.91 Å². The van der Waals surface area contributed by atoms with E-state index < -0.39 is 86.8 Å². The minimum Gasteiger partial charge on any atom is -0.394 e. The molecule has 2 rings (SSSR count). The van der Waals surface area contributed by atoms with Gasteiger partial charge in [0.1, 0.15) is 48.8 Å². The lowest BCUT2D eigenvalue weighted by Gasteiger charge is -2.46. The fraction of sp³-hybridized carbons (Fsp3) is 0.918. The zero-order chi connectivity index (χ0) is 54.6. The predicted molar refractivity (Wildman–Crippen MR) is 300 cm³/mol. The summed E-state index contributed by atoms with van der Waals surface area (Å²) in [5, 5.41) is 86.9. The molecule has 0 bridgehead atoms. The number of allylic oxidation sites excluding steroid dienone is 3. The molecule has 2 aliphatic rings. The topological polar surface area (TPSA) is 228 Å². The van der Waals surface area contributed by atoms with Crippen LogP contribution in [0.4, 0.5) is 0 Å². The van der Waals surface area contributed by atoms with Crippen molar-refractivity contribution in [1.82, 2.24) is 5.32 Å². The van der Waals surface area contributed by atoms with E-state index in [0.29, 0.717) is 6.42 Å². The fourth-order valence-electron chi connectivity index (χ4n) is 10.4. The van der Waals surface area contributed by atoms with Gasteiger partial charge >= 0.3 is 0 Å². The summed E-state index contributed by atoms with van der Waals surface area (Å²) in [5.74, 6) is -0.249. The second-order valence-corrected chi connectivity index (χ2v) is 22.2. The van der Waals surface area contributed by atoms with Crippen LogP contribution in [0.5, 0.6) is 0 Å². The number of ether oxygens (including phenoxy) is 4. The van der Waals surface area contributed by atoms with Crippen molar-refractivity contribution in [3.05, 3.63) is 24.3 Å². The van der Waals surface area contributed by atoms with E-state index in [9.17, 15) is 45.6 Å². The average molecular weight is 1070 g/mol.